The lowest BCUT2D eigenvalue weighted by atomic mass is 9.94. The van der Waals surface area contributed by atoms with Gasteiger partial charge in [0.15, 0.2) is 0 Å². The van der Waals surface area contributed by atoms with Gasteiger partial charge in [0.05, 0.1) is 11.6 Å². The molecular weight excluding hydrogens is 397 g/mol. The standard InChI is InChI=1S/C25H24FNO2S/c1-16(2)24(23-14-19-13-20(26)8-9-22(19)30-23)25(28)29-15-21-18(10-11-27-21)12-17-6-4-3-5-7-17/h3-11,13-14,16,24,27H,12,15H2,1-2H3. The third-order valence-corrected chi connectivity index (χ3v) is 6.45. The van der Waals surface area contributed by atoms with Crippen molar-refractivity contribution in [2.45, 2.75) is 32.8 Å². The van der Waals surface area contributed by atoms with E-state index >= 15 is 0 Å². The highest BCUT2D eigenvalue weighted by Crippen LogP contribution is 2.36. The van der Waals surface area contributed by atoms with Crippen molar-refractivity contribution >= 4 is 27.4 Å². The average molecular weight is 422 g/mol. The highest BCUT2D eigenvalue weighted by atomic mass is 32.1. The Morgan fingerprint density at radius 2 is 1.90 bits per heavy atom. The first-order chi connectivity index (χ1) is 14.5. The molecule has 1 unspecified atom stereocenters. The lowest BCUT2D eigenvalue weighted by Crippen LogP contribution is -2.20. The minimum atomic E-state index is -0.377. The van der Waals surface area contributed by atoms with Crippen molar-refractivity contribution in [3.05, 3.63) is 94.4 Å². The topological polar surface area (TPSA) is 42.1 Å². The Morgan fingerprint density at radius 3 is 2.67 bits per heavy atom. The van der Waals surface area contributed by atoms with E-state index in [2.05, 4.69) is 17.1 Å². The number of esters is 1. The molecule has 2 heterocycles. The first-order valence-electron chi connectivity index (χ1n) is 10.1. The number of fused-ring (bicyclic) bond motifs is 1. The van der Waals surface area contributed by atoms with E-state index in [4.69, 9.17) is 4.74 Å². The summed E-state index contributed by atoms with van der Waals surface area (Å²) >= 11 is 1.52. The van der Waals surface area contributed by atoms with Gasteiger partial charge in [-0.3, -0.25) is 4.79 Å². The summed E-state index contributed by atoms with van der Waals surface area (Å²) in [7, 11) is 0. The van der Waals surface area contributed by atoms with Crippen LogP contribution in [0.2, 0.25) is 0 Å². The fourth-order valence-corrected chi connectivity index (χ4v) is 5.00. The van der Waals surface area contributed by atoms with E-state index in [0.717, 1.165) is 32.6 Å². The third-order valence-electron chi connectivity index (χ3n) is 5.25. The largest absolute Gasteiger partial charge is 0.459 e. The zero-order valence-electron chi connectivity index (χ0n) is 17.0. The zero-order chi connectivity index (χ0) is 21.1. The molecule has 2 aromatic heterocycles. The smallest absolute Gasteiger partial charge is 0.314 e. The zero-order valence-corrected chi connectivity index (χ0v) is 17.8. The van der Waals surface area contributed by atoms with Crippen LogP contribution in [0.3, 0.4) is 0 Å². The maximum absolute atomic E-state index is 13.5. The van der Waals surface area contributed by atoms with Gasteiger partial charge >= 0.3 is 5.97 Å². The number of rotatable bonds is 7. The maximum atomic E-state index is 13.5. The van der Waals surface area contributed by atoms with Gasteiger partial charge in [0.1, 0.15) is 12.4 Å². The summed E-state index contributed by atoms with van der Waals surface area (Å²) in [6, 6.07) is 18.9. The molecule has 0 saturated heterocycles. The third kappa shape index (κ3) is 4.46. The molecule has 3 nitrogen and oxygen atoms in total. The summed E-state index contributed by atoms with van der Waals surface area (Å²) in [4.78, 5) is 17.1. The highest BCUT2D eigenvalue weighted by molar-refractivity contribution is 7.19. The molecule has 0 bridgehead atoms. The van der Waals surface area contributed by atoms with Crippen molar-refractivity contribution in [3.8, 4) is 0 Å². The van der Waals surface area contributed by atoms with Crippen LogP contribution < -0.4 is 0 Å². The highest BCUT2D eigenvalue weighted by Gasteiger charge is 2.28. The molecule has 0 radical (unpaired) electrons. The number of aromatic nitrogens is 1. The van der Waals surface area contributed by atoms with Gasteiger partial charge in [-0.1, -0.05) is 44.2 Å². The van der Waals surface area contributed by atoms with Gasteiger partial charge in [-0.05, 0) is 59.2 Å². The number of carbonyl (C=O) groups excluding carboxylic acids is 1. The van der Waals surface area contributed by atoms with E-state index in [1.807, 2.05) is 50.4 Å². The van der Waals surface area contributed by atoms with Crippen LogP contribution in [-0.2, 0) is 22.6 Å². The molecule has 2 aromatic carbocycles. The molecule has 1 N–H and O–H groups in total. The number of nitrogens with one attached hydrogen (secondary N) is 1. The van der Waals surface area contributed by atoms with Gasteiger partial charge in [0.25, 0.3) is 0 Å². The van der Waals surface area contributed by atoms with Crippen LogP contribution in [0.25, 0.3) is 10.1 Å². The minimum Gasteiger partial charge on any atom is -0.459 e. The van der Waals surface area contributed by atoms with Crippen LogP contribution in [-0.4, -0.2) is 11.0 Å². The van der Waals surface area contributed by atoms with Crippen molar-refractivity contribution < 1.29 is 13.9 Å². The molecule has 0 saturated carbocycles. The molecule has 0 fully saturated rings. The number of H-pyrrole nitrogens is 1. The predicted molar refractivity (Wildman–Crippen MR) is 119 cm³/mol. The lowest BCUT2D eigenvalue weighted by Gasteiger charge is -2.18. The number of benzene rings is 2. The van der Waals surface area contributed by atoms with Gasteiger partial charge in [0, 0.05) is 15.8 Å². The van der Waals surface area contributed by atoms with Gasteiger partial charge < -0.3 is 9.72 Å². The van der Waals surface area contributed by atoms with Gasteiger partial charge in [-0.15, -0.1) is 11.3 Å². The number of thiophene rings is 1. The fraction of sp³-hybridized carbons (Fsp3) is 0.240. The molecule has 154 valence electrons. The van der Waals surface area contributed by atoms with E-state index in [0.29, 0.717) is 0 Å². The lowest BCUT2D eigenvalue weighted by molar-refractivity contribution is -0.148. The Balaban J connectivity index is 1.48. The number of ether oxygens (including phenoxy) is 1. The van der Waals surface area contributed by atoms with Gasteiger partial charge in [0.2, 0.25) is 0 Å². The molecular formula is C25H24FNO2S. The summed E-state index contributed by atoms with van der Waals surface area (Å²) in [5.74, 6) is -0.827. The molecule has 0 aliphatic heterocycles. The summed E-state index contributed by atoms with van der Waals surface area (Å²) in [5, 5.41) is 0.822. The first-order valence-corrected chi connectivity index (χ1v) is 10.9. The van der Waals surface area contributed by atoms with E-state index in [1.165, 1.54) is 29.0 Å². The maximum Gasteiger partial charge on any atom is 0.314 e. The Labute approximate surface area is 179 Å². The number of hydrogen-bond acceptors (Lipinski definition) is 3. The SMILES string of the molecule is CC(C)C(C(=O)OCc1[nH]ccc1Cc1ccccc1)c1cc2cc(F)ccc2s1. The monoisotopic (exact) mass is 421 g/mol. The predicted octanol–water partition coefficient (Wildman–Crippen LogP) is 6.44. The first kappa shape index (κ1) is 20.4. The Bertz CT molecular complexity index is 1150. The molecule has 0 aliphatic rings. The second kappa shape index (κ2) is 8.84. The van der Waals surface area contributed by atoms with Crippen molar-refractivity contribution in [3.63, 3.8) is 0 Å². The summed E-state index contributed by atoms with van der Waals surface area (Å²) < 4.78 is 20.2. The Hall–Kier alpha value is -2.92. The molecule has 30 heavy (non-hydrogen) atoms. The second-order valence-electron chi connectivity index (χ2n) is 7.80. The van der Waals surface area contributed by atoms with Crippen LogP contribution in [0.15, 0.2) is 66.9 Å². The normalized spacial score (nSPS) is 12.4. The van der Waals surface area contributed by atoms with Crippen LogP contribution in [0.1, 0.15) is 41.5 Å². The average Bonchev–Trinajstić information content (AvgIpc) is 3.33. The molecule has 1 atom stereocenters. The molecule has 0 aliphatic carbocycles. The van der Waals surface area contributed by atoms with Crippen LogP contribution in [0, 0.1) is 11.7 Å². The van der Waals surface area contributed by atoms with E-state index in [-0.39, 0.29) is 30.2 Å². The summed E-state index contributed by atoms with van der Waals surface area (Å²) in [6.07, 6.45) is 2.66. The summed E-state index contributed by atoms with van der Waals surface area (Å²) in [5.41, 5.74) is 3.24. The van der Waals surface area contributed by atoms with Crippen molar-refractivity contribution in [1.82, 2.24) is 4.98 Å². The minimum absolute atomic E-state index is 0.0721. The number of aromatic amines is 1. The number of carbonyl (C=O) groups is 1. The van der Waals surface area contributed by atoms with E-state index in [9.17, 15) is 9.18 Å². The summed E-state index contributed by atoms with van der Waals surface area (Å²) in [6.45, 7) is 4.22. The van der Waals surface area contributed by atoms with Crippen molar-refractivity contribution in [2.75, 3.05) is 0 Å². The van der Waals surface area contributed by atoms with E-state index < -0.39 is 0 Å². The Kier molecular flexibility index (Phi) is 6.00. The molecule has 5 heteroatoms. The van der Waals surface area contributed by atoms with Crippen LogP contribution >= 0.6 is 11.3 Å². The van der Waals surface area contributed by atoms with Gasteiger partial charge in [-0.2, -0.15) is 0 Å². The van der Waals surface area contributed by atoms with Crippen molar-refractivity contribution in [2.24, 2.45) is 5.92 Å². The van der Waals surface area contributed by atoms with Crippen molar-refractivity contribution in [1.29, 1.82) is 0 Å². The quantitative estimate of drug-likeness (QED) is 0.349. The van der Waals surface area contributed by atoms with Gasteiger partial charge in [-0.25, -0.2) is 4.39 Å². The molecule has 0 amide bonds. The van der Waals surface area contributed by atoms with E-state index in [1.54, 1.807) is 6.07 Å². The Morgan fingerprint density at radius 1 is 1.10 bits per heavy atom. The number of halogens is 1. The molecule has 4 rings (SSSR count). The van der Waals surface area contributed by atoms with Crippen LogP contribution in [0.5, 0.6) is 0 Å². The fourth-order valence-electron chi connectivity index (χ4n) is 3.69. The second-order valence-corrected chi connectivity index (χ2v) is 8.92. The van der Waals surface area contributed by atoms with Crippen LogP contribution in [0.4, 0.5) is 4.39 Å². The molecule has 0 spiro atoms. The number of hydrogen-bond donors (Lipinski definition) is 1. The molecule has 4 aromatic rings.